The number of nitrogens with zero attached hydrogens (tertiary/aromatic N) is 2. The molecule has 1 saturated heterocycles. The van der Waals surface area contributed by atoms with Crippen molar-refractivity contribution < 1.29 is 9.59 Å². The van der Waals surface area contributed by atoms with E-state index >= 15 is 0 Å². The largest absolute Gasteiger partial charge is 0.355 e. The minimum absolute atomic E-state index is 0.0841. The number of carbonyl (C=O) groups is 2. The Kier molecular flexibility index (Phi) is 7.00. The summed E-state index contributed by atoms with van der Waals surface area (Å²) in [7, 11) is 3.61. The van der Waals surface area contributed by atoms with Crippen LogP contribution < -0.4 is 5.32 Å². The van der Waals surface area contributed by atoms with E-state index in [4.69, 9.17) is 0 Å². The first kappa shape index (κ1) is 19.4. The third-order valence-corrected chi connectivity index (χ3v) is 5.28. The lowest BCUT2D eigenvalue weighted by atomic mass is 9.99. The fraction of sp³-hybridized carbons (Fsp3) is 0.600. The van der Waals surface area contributed by atoms with E-state index in [0.29, 0.717) is 18.2 Å². The molecule has 0 saturated carbocycles. The molecule has 25 heavy (non-hydrogen) atoms. The molecule has 5 heteroatoms. The molecule has 1 fully saturated rings. The van der Waals surface area contributed by atoms with Crippen LogP contribution >= 0.6 is 0 Å². The minimum Gasteiger partial charge on any atom is -0.355 e. The van der Waals surface area contributed by atoms with Gasteiger partial charge in [-0.05, 0) is 57.4 Å². The summed E-state index contributed by atoms with van der Waals surface area (Å²) in [5.74, 6) is 0.148. The predicted molar refractivity (Wildman–Crippen MR) is 100 cm³/mol. The maximum absolute atomic E-state index is 12.9. The van der Waals surface area contributed by atoms with E-state index in [2.05, 4.69) is 22.0 Å². The van der Waals surface area contributed by atoms with Crippen molar-refractivity contribution in [2.45, 2.75) is 58.2 Å². The van der Waals surface area contributed by atoms with Gasteiger partial charge in [-0.3, -0.25) is 14.5 Å². The van der Waals surface area contributed by atoms with Crippen molar-refractivity contribution >= 4 is 11.8 Å². The minimum atomic E-state index is -0.147. The van der Waals surface area contributed by atoms with Gasteiger partial charge in [0.1, 0.15) is 0 Å². The van der Waals surface area contributed by atoms with Crippen LogP contribution in [-0.2, 0) is 11.3 Å². The summed E-state index contributed by atoms with van der Waals surface area (Å²) in [6, 6.07) is 7.80. The van der Waals surface area contributed by atoms with Crippen LogP contribution in [0, 0.1) is 0 Å². The van der Waals surface area contributed by atoms with Gasteiger partial charge in [-0.2, -0.15) is 0 Å². The maximum Gasteiger partial charge on any atom is 0.251 e. The van der Waals surface area contributed by atoms with Crippen LogP contribution in [-0.4, -0.2) is 54.3 Å². The van der Waals surface area contributed by atoms with Crippen molar-refractivity contribution in [2.24, 2.45) is 0 Å². The number of rotatable bonds is 6. The first-order valence-electron chi connectivity index (χ1n) is 9.29. The van der Waals surface area contributed by atoms with Crippen molar-refractivity contribution in [3.63, 3.8) is 0 Å². The molecule has 0 aliphatic carbocycles. The van der Waals surface area contributed by atoms with Crippen molar-refractivity contribution in [2.75, 3.05) is 20.6 Å². The van der Waals surface area contributed by atoms with Gasteiger partial charge in [0.2, 0.25) is 5.91 Å². The van der Waals surface area contributed by atoms with E-state index in [9.17, 15) is 9.59 Å². The fourth-order valence-corrected chi connectivity index (χ4v) is 3.47. The number of likely N-dealkylation sites (tertiary alicyclic amines) is 1. The molecule has 0 spiro atoms. The van der Waals surface area contributed by atoms with E-state index in [1.54, 1.807) is 7.05 Å². The molecule has 0 radical (unpaired) electrons. The monoisotopic (exact) mass is 345 g/mol. The summed E-state index contributed by atoms with van der Waals surface area (Å²) in [5.41, 5.74) is 1.75. The average Bonchev–Trinajstić information content (AvgIpc) is 2.66. The van der Waals surface area contributed by atoms with Crippen molar-refractivity contribution in [3.8, 4) is 0 Å². The van der Waals surface area contributed by atoms with Crippen LogP contribution in [0.5, 0.6) is 0 Å². The van der Waals surface area contributed by atoms with Crippen molar-refractivity contribution in [1.29, 1.82) is 0 Å². The first-order chi connectivity index (χ1) is 12.0. The quantitative estimate of drug-likeness (QED) is 0.862. The van der Waals surface area contributed by atoms with Crippen molar-refractivity contribution in [1.82, 2.24) is 15.1 Å². The molecule has 5 nitrogen and oxygen atoms in total. The van der Waals surface area contributed by atoms with Crippen LogP contribution in [0.25, 0.3) is 0 Å². The van der Waals surface area contributed by atoms with Gasteiger partial charge in [0.25, 0.3) is 5.91 Å². The Hall–Kier alpha value is -1.88. The van der Waals surface area contributed by atoms with Gasteiger partial charge in [-0.15, -0.1) is 0 Å². The lowest BCUT2D eigenvalue weighted by Crippen LogP contribution is -2.51. The second-order valence-electron chi connectivity index (χ2n) is 6.96. The molecule has 1 N–H and O–H groups in total. The predicted octanol–water partition coefficient (Wildman–Crippen LogP) is 2.66. The van der Waals surface area contributed by atoms with Gasteiger partial charge in [0.05, 0.1) is 6.04 Å². The molecule has 1 aromatic carbocycles. The topological polar surface area (TPSA) is 52.7 Å². The smallest absolute Gasteiger partial charge is 0.251 e. The van der Waals surface area contributed by atoms with Gasteiger partial charge in [-0.1, -0.05) is 19.1 Å². The third kappa shape index (κ3) is 4.82. The molecule has 1 aromatic rings. The summed E-state index contributed by atoms with van der Waals surface area (Å²) >= 11 is 0. The normalized spacial score (nSPS) is 18.9. The highest BCUT2D eigenvalue weighted by molar-refractivity contribution is 5.93. The van der Waals surface area contributed by atoms with Gasteiger partial charge in [-0.25, -0.2) is 0 Å². The molecule has 1 aliphatic heterocycles. The number of likely N-dealkylation sites (N-methyl/N-ethyl adjacent to an activating group) is 1. The summed E-state index contributed by atoms with van der Waals surface area (Å²) in [5, 5.41) is 2.62. The second-order valence-corrected chi connectivity index (χ2v) is 6.96. The lowest BCUT2D eigenvalue weighted by molar-refractivity contribution is -0.140. The number of carbonyl (C=O) groups excluding carboxylic acids is 2. The highest BCUT2D eigenvalue weighted by atomic mass is 16.2. The Labute approximate surface area is 151 Å². The molecular weight excluding hydrogens is 314 g/mol. The third-order valence-electron chi connectivity index (χ3n) is 5.28. The zero-order chi connectivity index (χ0) is 18.4. The number of piperidine rings is 1. The van der Waals surface area contributed by atoms with Gasteiger partial charge < -0.3 is 10.2 Å². The van der Waals surface area contributed by atoms with Crippen LogP contribution in [0.15, 0.2) is 24.3 Å². The van der Waals surface area contributed by atoms with Gasteiger partial charge in [0, 0.05) is 31.7 Å². The van der Waals surface area contributed by atoms with Crippen LogP contribution in [0.1, 0.15) is 55.5 Å². The molecular formula is C20H31N3O2. The number of amides is 2. The van der Waals surface area contributed by atoms with Crippen molar-refractivity contribution in [3.05, 3.63) is 35.4 Å². The van der Waals surface area contributed by atoms with E-state index in [1.165, 1.54) is 6.42 Å². The van der Waals surface area contributed by atoms with Gasteiger partial charge in [0.15, 0.2) is 0 Å². The maximum atomic E-state index is 12.9. The first-order valence-corrected chi connectivity index (χ1v) is 9.29. The summed E-state index contributed by atoms with van der Waals surface area (Å²) in [4.78, 5) is 28.7. The SMILES string of the molecule is CCC1CCCCN1C(=O)C(C)N(C)Cc1ccc(C(=O)NC)cc1. The number of nitrogens with one attached hydrogen (secondary N) is 1. The highest BCUT2D eigenvalue weighted by Crippen LogP contribution is 2.21. The summed E-state index contributed by atoms with van der Waals surface area (Å²) in [6.07, 6.45) is 4.49. The molecule has 138 valence electrons. The standard InChI is InChI=1S/C20H31N3O2/c1-5-18-8-6-7-13-23(18)20(25)15(2)22(4)14-16-9-11-17(12-10-16)19(24)21-3/h9-12,15,18H,5-8,13-14H2,1-4H3,(H,21,24). The van der Waals surface area contributed by atoms with Gasteiger partial charge >= 0.3 is 0 Å². The molecule has 1 heterocycles. The Balaban J connectivity index is 1.98. The molecule has 2 rings (SSSR count). The van der Waals surface area contributed by atoms with E-state index < -0.39 is 0 Å². The molecule has 1 aliphatic rings. The Bertz CT molecular complexity index is 585. The van der Waals surface area contributed by atoms with Crippen LogP contribution in [0.3, 0.4) is 0 Å². The van der Waals surface area contributed by atoms with E-state index in [1.807, 2.05) is 38.2 Å². The molecule has 0 bridgehead atoms. The molecule has 0 aromatic heterocycles. The Morgan fingerprint density at radius 1 is 1.28 bits per heavy atom. The zero-order valence-electron chi connectivity index (χ0n) is 15.9. The molecule has 2 amide bonds. The van der Waals surface area contributed by atoms with Crippen LogP contribution in [0.2, 0.25) is 0 Å². The number of benzene rings is 1. The van der Waals surface area contributed by atoms with Crippen LogP contribution in [0.4, 0.5) is 0 Å². The second kappa shape index (κ2) is 8.99. The summed E-state index contributed by atoms with van der Waals surface area (Å²) in [6.45, 7) is 5.73. The fourth-order valence-electron chi connectivity index (χ4n) is 3.47. The summed E-state index contributed by atoms with van der Waals surface area (Å²) < 4.78 is 0. The lowest BCUT2D eigenvalue weighted by Gasteiger charge is -2.38. The Morgan fingerprint density at radius 2 is 1.96 bits per heavy atom. The molecule has 2 unspecified atom stereocenters. The molecule has 2 atom stereocenters. The van der Waals surface area contributed by atoms with E-state index in [0.717, 1.165) is 31.4 Å². The highest BCUT2D eigenvalue weighted by Gasteiger charge is 2.30. The van der Waals surface area contributed by atoms with E-state index in [-0.39, 0.29) is 17.9 Å². The number of hydrogen-bond acceptors (Lipinski definition) is 3. The average molecular weight is 345 g/mol. The number of hydrogen-bond donors (Lipinski definition) is 1. The Morgan fingerprint density at radius 3 is 2.56 bits per heavy atom. The zero-order valence-corrected chi connectivity index (χ0v) is 15.9.